The van der Waals surface area contributed by atoms with Gasteiger partial charge in [-0.25, -0.2) is 4.79 Å². The van der Waals surface area contributed by atoms with Crippen molar-refractivity contribution in [3.05, 3.63) is 23.8 Å². The summed E-state index contributed by atoms with van der Waals surface area (Å²) < 4.78 is 4.38. The first-order valence-electron chi connectivity index (χ1n) is 5.37. The molecule has 0 aliphatic carbocycles. The maximum absolute atomic E-state index is 11.5. The number of esters is 1. The number of rotatable bonds is 5. The summed E-state index contributed by atoms with van der Waals surface area (Å²) in [4.78, 5) is 33.1. The quantitative estimate of drug-likeness (QED) is 0.541. The van der Waals surface area contributed by atoms with Crippen molar-refractivity contribution in [2.24, 2.45) is 0 Å². The average Bonchev–Trinajstić information content (AvgIpc) is 2.38. The number of carboxylic acid groups (broad SMARTS) is 1. The molecule has 102 valence electrons. The number of ether oxygens (including phenoxy) is 1. The molecule has 0 aliphatic heterocycles. The smallest absolute Gasteiger partial charge is 0.335 e. The first-order chi connectivity index (χ1) is 8.93. The number of phenols is 1. The number of phenolic OH excluding ortho intramolecular Hbond substituents is 1. The van der Waals surface area contributed by atoms with Crippen LogP contribution in [0.4, 0.5) is 5.69 Å². The fourth-order valence-corrected chi connectivity index (χ4v) is 1.30. The van der Waals surface area contributed by atoms with E-state index in [9.17, 15) is 19.5 Å². The molecule has 0 heterocycles. The largest absolute Gasteiger partial charge is 0.506 e. The Morgan fingerprint density at radius 1 is 1.26 bits per heavy atom. The number of aromatic hydroxyl groups is 1. The minimum Gasteiger partial charge on any atom is -0.506 e. The molecule has 1 amide bonds. The Labute approximate surface area is 108 Å². The summed E-state index contributed by atoms with van der Waals surface area (Å²) >= 11 is 0. The number of anilines is 1. The van der Waals surface area contributed by atoms with Gasteiger partial charge in [-0.15, -0.1) is 0 Å². The number of carbonyl (C=O) groups excluding carboxylic acids is 2. The van der Waals surface area contributed by atoms with Gasteiger partial charge in [0, 0.05) is 6.42 Å². The van der Waals surface area contributed by atoms with Gasteiger partial charge in [-0.2, -0.15) is 0 Å². The molecule has 0 radical (unpaired) electrons. The Morgan fingerprint density at radius 3 is 2.53 bits per heavy atom. The lowest BCUT2D eigenvalue weighted by Gasteiger charge is -2.07. The maximum Gasteiger partial charge on any atom is 0.335 e. The Kier molecular flexibility index (Phi) is 4.87. The summed E-state index contributed by atoms with van der Waals surface area (Å²) in [6.07, 6.45) is -0.217. The van der Waals surface area contributed by atoms with Crippen LogP contribution in [-0.2, 0) is 14.3 Å². The third kappa shape index (κ3) is 4.30. The molecule has 0 aliphatic rings. The highest BCUT2D eigenvalue weighted by molar-refractivity contribution is 5.96. The first-order valence-corrected chi connectivity index (χ1v) is 5.37. The van der Waals surface area contributed by atoms with Gasteiger partial charge in [-0.1, -0.05) is 0 Å². The van der Waals surface area contributed by atoms with Gasteiger partial charge in [0.05, 0.1) is 24.8 Å². The van der Waals surface area contributed by atoms with E-state index in [1.165, 1.54) is 19.2 Å². The third-order valence-electron chi connectivity index (χ3n) is 2.30. The van der Waals surface area contributed by atoms with Gasteiger partial charge in [0.2, 0.25) is 5.91 Å². The number of amides is 1. The van der Waals surface area contributed by atoms with Crippen LogP contribution in [-0.4, -0.2) is 35.2 Å². The molecule has 19 heavy (non-hydrogen) atoms. The fourth-order valence-electron chi connectivity index (χ4n) is 1.30. The van der Waals surface area contributed by atoms with E-state index in [0.717, 1.165) is 6.07 Å². The van der Waals surface area contributed by atoms with Gasteiger partial charge in [-0.3, -0.25) is 9.59 Å². The van der Waals surface area contributed by atoms with Crippen LogP contribution < -0.4 is 5.32 Å². The lowest BCUT2D eigenvalue weighted by Crippen LogP contribution is -2.14. The lowest BCUT2D eigenvalue weighted by atomic mass is 10.2. The zero-order chi connectivity index (χ0) is 14.4. The number of hydrogen-bond donors (Lipinski definition) is 3. The Bertz CT molecular complexity index is 511. The third-order valence-corrected chi connectivity index (χ3v) is 2.30. The topological polar surface area (TPSA) is 113 Å². The van der Waals surface area contributed by atoms with Gasteiger partial charge >= 0.3 is 11.9 Å². The van der Waals surface area contributed by atoms with Crippen molar-refractivity contribution >= 4 is 23.5 Å². The highest BCUT2D eigenvalue weighted by Crippen LogP contribution is 2.24. The van der Waals surface area contributed by atoms with E-state index in [-0.39, 0.29) is 29.8 Å². The highest BCUT2D eigenvalue weighted by atomic mass is 16.5. The van der Waals surface area contributed by atoms with E-state index in [1.807, 2.05) is 0 Å². The molecule has 0 saturated heterocycles. The number of methoxy groups -OCH3 is 1. The van der Waals surface area contributed by atoms with E-state index in [0.29, 0.717) is 0 Å². The van der Waals surface area contributed by atoms with Crippen molar-refractivity contribution < 1.29 is 29.3 Å². The second kappa shape index (κ2) is 6.39. The van der Waals surface area contributed by atoms with Gasteiger partial charge in [-0.05, 0) is 18.2 Å². The highest BCUT2D eigenvalue weighted by Gasteiger charge is 2.12. The molecule has 3 N–H and O–H groups in total. The van der Waals surface area contributed by atoms with Crippen LogP contribution in [0, 0.1) is 0 Å². The molecular weight excluding hydrogens is 254 g/mol. The molecule has 1 aromatic rings. The standard InChI is InChI=1S/C12H13NO6/c1-19-11(16)5-4-10(15)13-8-6-7(12(17)18)2-3-9(8)14/h2-3,6,14H,4-5H2,1H3,(H,13,15)(H,17,18). The van der Waals surface area contributed by atoms with Crippen molar-refractivity contribution in [2.75, 3.05) is 12.4 Å². The monoisotopic (exact) mass is 267 g/mol. The zero-order valence-electron chi connectivity index (χ0n) is 10.2. The van der Waals surface area contributed by atoms with E-state index < -0.39 is 17.8 Å². The van der Waals surface area contributed by atoms with Gasteiger partial charge in [0.25, 0.3) is 0 Å². The Morgan fingerprint density at radius 2 is 1.95 bits per heavy atom. The second-order valence-corrected chi connectivity index (χ2v) is 3.66. The molecule has 7 nitrogen and oxygen atoms in total. The van der Waals surface area contributed by atoms with Crippen molar-refractivity contribution in [3.63, 3.8) is 0 Å². The minimum absolute atomic E-state index is 0.0187. The van der Waals surface area contributed by atoms with E-state index in [4.69, 9.17) is 5.11 Å². The normalized spacial score (nSPS) is 9.74. The molecule has 0 saturated carbocycles. The van der Waals surface area contributed by atoms with Gasteiger partial charge in [0.1, 0.15) is 5.75 Å². The second-order valence-electron chi connectivity index (χ2n) is 3.66. The average molecular weight is 267 g/mol. The van der Waals surface area contributed by atoms with Crippen molar-refractivity contribution in [2.45, 2.75) is 12.8 Å². The molecule has 0 spiro atoms. The van der Waals surface area contributed by atoms with Crippen LogP contribution in [0.2, 0.25) is 0 Å². The molecule has 0 aromatic heterocycles. The number of hydrogen-bond acceptors (Lipinski definition) is 5. The van der Waals surface area contributed by atoms with E-state index >= 15 is 0 Å². The predicted octanol–water partition coefficient (Wildman–Crippen LogP) is 0.982. The van der Waals surface area contributed by atoms with Crippen LogP contribution in [0.3, 0.4) is 0 Å². The van der Waals surface area contributed by atoms with Crippen LogP contribution in [0.1, 0.15) is 23.2 Å². The number of nitrogens with one attached hydrogen (secondary N) is 1. The van der Waals surface area contributed by atoms with Crippen LogP contribution in [0.5, 0.6) is 5.75 Å². The molecule has 1 aromatic carbocycles. The SMILES string of the molecule is COC(=O)CCC(=O)Nc1cc(C(=O)O)ccc1O. The summed E-state index contributed by atoms with van der Waals surface area (Å²) in [5.41, 5.74) is -0.0872. The van der Waals surface area contributed by atoms with Crippen LogP contribution in [0.25, 0.3) is 0 Å². The van der Waals surface area contributed by atoms with Crippen LogP contribution >= 0.6 is 0 Å². The lowest BCUT2D eigenvalue weighted by molar-refractivity contribution is -0.141. The number of benzene rings is 1. The molecule has 0 fully saturated rings. The van der Waals surface area contributed by atoms with Gasteiger partial charge < -0.3 is 20.3 Å². The number of carboxylic acids is 1. The summed E-state index contributed by atoms with van der Waals surface area (Å²) in [5, 5.41) is 20.6. The zero-order valence-corrected chi connectivity index (χ0v) is 10.2. The first kappa shape index (κ1) is 14.5. The molecular formula is C12H13NO6. The summed E-state index contributed by atoms with van der Waals surface area (Å²) in [7, 11) is 1.21. The number of carbonyl (C=O) groups is 3. The molecule has 0 atom stereocenters. The number of aromatic carboxylic acids is 1. The maximum atomic E-state index is 11.5. The predicted molar refractivity (Wildman–Crippen MR) is 64.9 cm³/mol. The van der Waals surface area contributed by atoms with E-state index in [1.54, 1.807) is 0 Å². The molecule has 1 rings (SSSR count). The summed E-state index contributed by atoms with van der Waals surface area (Å²) in [6, 6.07) is 3.51. The van der Waals surface area contributed by atoms with Crippen molar-refractivity contribution in [1.82, 2.24) is 0 Å². The summed E-state index contributed by atoms with van der Waals surface area (Å²) in [6.45, 7) is 0. The van der Waals surface area contributed by atoms with Gasteiger partial charge in [0.15, 0.2) is 0 Å². The van der Waals surface area contributed by atoms with E-state index in [2.05, 4.69) is 10.1 Å². The van der Waals surface area contributed by atoms with Crippen molar-refractivity contribution in [1.29, 1.82) is 0 Å². The Balaban J connectivity index is 2.70. The minimum atomic E-state index is -1.18. The van der Waals surface area contributed by atoms with Crippen molar-refractivity contribution in [3.8, 4) is 5.75 Å². The molecule has 7 heteroatoms. The Hall–Kier alpha value is -2.57. The van der Waals surface area contributed by atoms with Crippen LogP contribution in [0.15, 0.2) is 18.2 Å². The molecule has 0 bridgehead atoms. The molecule has 0 unspecified atom stereocenters. The summed E-state index contributed by atoms with van der Waals surface area (Å²) in [5.74, 6) is -2.48. The fraction of sp³-hybridized carbons (Fsp3) is 0.250.